The smallest absolute Gasteiger partial charge is 0.326 e. The molecule has 0 aliphatic rings. The normalized spacial score (nSPS) is 14.8. The number of benzene rings is 1. The van der Waals surface area contributed by atoms with Crippen molar-refractivity contribution in [3.8, 4) is 5.75 Å². The molecule has 204 valence electrons. The van der Waals surface area contributed by atoms with Crippen LogP contribution in [0.1, 0.15) is 31.7 Å². The van der Waals surface area contributed by atoms with E-state index in [-0.39, 0.29) is 12.2 Å². The Labute approximate surface area is 210 Å². The van der Waals surface area contributed by atoms with Gasteiger partial charge >= 0.3 is 17.9 Å². The van der Waals surface area contributed by atoms with Gasteiger partial charge in [-0.2, -0.15) is 0 Å². The number of aliphatic hydroxyl groups excluding tert-OH is 1. The van der Waals surface area contributed by atoms with Crippen molar-refractivity contribution in [2.24, 2.45) is 5.73 Å². The first-order chi connectivity index (χ1) is 17.2. The van der Waals surface area contributed by atoms with E-state index in [1.54, 1.807) is 0 Å². The maximum absolute atomic E-state index is 13.0. The highest BCUT2D eigenvalue weighted by Crippen LogP contribution is 2.12. The SMILES string of the molecule is CC(O)C(N)C(=O)NC(CCC(=O)O)C(=O)NC(Cc1ccc(O)cc1)C(=O)NC(CC(=O)O)C(=O)O. The number of nitrogens with one attached hydrogen (secondary N) is 3. The molecule has 0 saturated heterocycles. The predicted molar refractivity (Wildman–Crippen MR) is 124 cm³/mol. The van der Waals surface area contributed by atoms with Crippen LogP contribution in [0.4, 0.5) is 0 Å². The van der Waals surface area contributed by atoms with Crippen LogP contribution in [0, 0.1) is 0 Å². The molecule has 0 bridgehead atoms. The lowest BCUT2D eigenvalue weighted by Crippen LogP contribution is -2.58. The Morgan fingerprint density at radius 3 is 1.81 bits per heavy atom. The van der Waals surface area contributed by atoms with Gasteiger partial charge in [-0.15, -0.1) is 0 Å². The molecule has 5 atom stereocenters. The van der Waals surface area contributed by atoms with Gasteiger partial charge in [-0.1, -0.05) is 12.1 Å². The van der Waals surface area contributed by atoms with Gasteiger partial charge in [0.25, 0.3) is 0 Å². The summed E-state index contributed by atoms with van der Waals surface area (Å²) in [6, 6.07) is -0.842. The summed E-state index contributed by atoms with van der Waals surface area (Å²) in [7, 11) is 0. The number of carbonyl (C=O) groups is 6. The molecule has 0 aliphatic carbocycles. The van der Waals surface area contributed by atoms with Crippen LogP contribution < -0.4 is 21.7 Å². The Morgan fingerprint density at radius 1 is 0.811 bits per heavy atom. The van der Waals surface area contributed by atoms with Crippen LogP contribution in [0.5, 0.6) is 5.75 Å². The number of phenolic OH excluding ortho intramolecular Hbond substituents is 1. The number of aliphatic carboxylic acids is 3. The second-order valence-corrected chi connectivity index (χ2v) is 8.19. The topological polar surface area (TPSA) is 266 Å². The van der Waals surface area contributed by atoms with Crippen LogP contribution in [-0.2, 0) is 35.2 Å². The summed E-state index contributed by atoms with van der Waals surface area (Å²) in [5, 5.41) is 52.7. The molecule has 5 unspecified atom stereocenters. The van der Waals surface area contributed by atoms with Crippen LogP contribution in [0.15, 0.2) is 24.3 Å². The number of rotatable bonds is 15. The lowest BCUT2D eigenvalue weighted by atomic mass is 10.0. The molecule has 0 aliphatic heterocycles. The van der Waals surface area contributed by atoms with Crippen LogP contribution >= 0.6 is 0 Å². The molecule has 1 aromatic rings. The molecule has 1 aromatic carbocycles. The summed E-state index contributed by atoms with van der Waals surface area (Å²) in [5.74, 6) is -7.57. The van der Waals surface area contributed by atoms with E-state index < -0.39 is 85.2 Å². The van der Waals surface area contributed by atoms with Gasteiger partial charge < -0.3 is 47.2 Å². The molecule has 3 amide bonds. The second kappa shape index (κ2) is 14.4. The van der Waals surface area contributed by atoms with Crippen molar-refractivity contribution in [2.75, 3.05) is 0 Å². The monoisotopic (exact) mass is 526 g/mol. The zero-order chi connectivity index (χ0) is 28.3. The van der Waals surface area contributed by atoms with Gasteiger partial charge in [0, 0.05) is 12.8 Å². The van der Waals surface area contributed by atoms with Gasteiger partial charge in [-0.25, -0.2) is 4.79 Å². The molecule has 0 aromatic heterocycles. The number of aliphatic hydroxyl groups is 1. The van der Waals surface area contributed by atoms with Crippen LogP contribution in [0.25, 0.3) is 0 Å². The maximum atomic E-state index is 13.0. The van der Waals surface area contributed by atoms with Crippen molar-refractivity contribution in [3.63, 3.8) is 0 Å². The van der Waals surface area contributed by atoms with Gasteiger partial charge in [0.2, 0.25) is 17.7 Å². The number of nitrogens with two attached hydrogens (primary N) is 1. The van der Waals surface area contributed by atoms with E-state index in [0.717, 1.165) is 0 Å². The Hall–Kier alpha value is -4.24. The molecule has 15 heteroatoms. The molecule has 10 N–H and O–H groups in total. The number of hydrogen-bond acceptors (Lipinski definition) is 9. The number of carbonyl (C=O) groups excluding carboxylic acids is 3. The maximum Gasteiger partial charge on any atom is 0.326 e. The van der Waals surface area contributed by atoms with Gasteiger partial charge in [0.15, 0.2) is 0 Å². The molecule has 15 nitrogen and oxygen atoms in total. The number of phenols is 1. The van der Waals surface area contributed by atoms with Gasteiger partial charge in [0.05, 0.1) is 12.5 Å². The van der Waals surface area contributed by atoms with Crippen molar-refractivity contribution in [1.29, 1.82) is 0 Å². The summed E-state index contributed by atoms with van der Waals surface area (Å²) in [5.41, 5.74) is 5.96. The van der Waals surface area contributed by atoms with Gasteiger partial charge in [-0.3, -0.25) is 24.0 Å². The summed E-state index contributed by atoms with van der Waals surface area (Å²) in [6.45, 7) is 1.23. The molecular weight excluding hydrogens is 496 g/mol. The predicted octanol–water partition coefficient (Wildman–Crippen LogP) is -2.48. The summed E-state index contributed by atoms with van der Waals surface area (Å²) in [6.07, 6.45) is -3.46. The highest BCUT2D eigenvalue weighted by molar-refractivity contribution is 5.95. The van der Waals surface area contributed by atoms with Crippen molar-refractivity contribution in [1.82, 2.24) is 16.0 Å². The zero-order valence-corrected chi connectivity index (χ0v) is 19.8. The highest BCUT2D eigenvalue weighted by atomic mass is 16.4. The first kappa shape index (κ1) is 30.8. The highest BCUT2D eigenvalue weighted by Gasteiger charge is 2.32. The molecule has 0 saturated carbocycles. The van der Waals surface area contributed by atoms with Crippen LogP contribution in [-0.4, -0.2) is 91.4 Å². The van der Waals surface area contributed by atoms with Crippen LogP contribution in [0.2, 0.25) is 0 Å². The molecule has 0 spiro atoms. The summed E-state index contributed by atoms with van der Waals surface area (Å²) >= 11 is 0. The Bertz CT molecular complexity index is 997. The minimum absolute atomic E-state index is 0.0907. The minimum atomic E-state index is -1.82. The molecule has 0 radical (unpaired) electrons. The van der Waals surface area contributed by atoms with Crippen molar-refractivity contribution in [2.45, 2.75) is 62.9 Å². The third kappa shape index (κ3) is 10.9. The van der Waals surface area contributed by atoms with E-state index >= 15 is 0 Å². The van der Waals surface area contributed by atoms with E-state index in [2.05, 4.69) is 10.6 Å². The quantitative estimate of drug-likeness (QED) is 0.115. The molecule has 1 rings (SSSR count). The van der Waals surface area contributed by atoms with E-state index in [1.807, 2.05) is 5.32 Å². The summed E-state index contributed by atoms with van der Waals surface area (Å²) in [4.78, 5) is 71.5. The van der Waals surface area contributed by atoms with E-state index in [9.17, 15) is 44.1 Å². The van der Waals surface area contributed by atoms with Crippen LogP contribution in [0.3, 0.4) is 0 Å². The minimum Gasteiger partial charge on any atom is -0.508 e. The van der Waals surface area contributed by atoms with E-state index in [0.29, 0.717) is 5.56 Å². The largest absolute Gasteiger partial charge is 0.508 e. The Balaban J connectivity index is 3.20. The molecular formula is C22H30N4O11. The zero-order valence-electron chi connectivity index (χ0n) is 19.8. The van der Waals surface area contributed by atoms with Crippen molar-refractivity contribution >= 4 is 35.6 Å². The standard InChI is InChI=1S/C22H30N4O11/c1-10(27)18(23)21(35)24-13(6-7-16(29)30)19(33)25-14(8-11-2-4-12(28)5-3-11)20(34)26-15(22(36)37)9-17(31)32/h2-5,10,13-15,18,27-28H,6-9,23H2,1H3,(H,24,35)(H,25,33)(H,26,34)(H,29,30)(H,31,32)(H,36,37). The Morgan fingerprint density at radius 2 is 1.32 bits per heavy atom. The average molecular weight is 526 g/mol. The number of carboxylic acid groups (broad SMARTS) is 3. The van der Waals surface area contributed by atoms with Crippen molar-refractivity contribution in [3.05, 3.63) is 29.8 Å². The average Bonchev–Trinajstić information content (AvgIpc) is 2.80. The number of hydrogen-bond donors (Lipinski definition) is 9. The lowest BCUT2D eigenvalue weighted by molar-refractivity contribution is -0.147. The van der Waals surface area contributed by atoms with E-state index in [4.69, 9.17) is 15.9 Å². The Kier molecular flexibility index (Phi) is 11.9. The lowest BCUT2D eigenvalue weighted by Gasteiger charge is -2.25. The fourth-order valence-electron chi connectivity index (χ4n) is 3.02. The third-order valence-corrected chi connectivity index (χ3v) is 5.10. The molecule has 0 heterocycles. The number of carboxylic acids is 3. The third-order valence-electron chi connectivity index (χ3n) is 5.10. The first-order valence-electron chi connectivity index (χ1n) is 11.0. The molecule has 0 fully saturated rings. The van der Waals surface area contributed by atoms with Gasteiger partial charge in [-0.05, 0) is 31.0 Å². The number of amides is 3. The fraction of sp³-hybridized carbons (Fsp3) is 0.455. The van der Waals surface area contributed by atoms with Gasteiger partial charge in [0.1, 0.15) is 29.9 Å². The fourth-order valence-corrected chi connectivity index (χ4v) is 3.02. The van der Waals surface area contributed by atoms with E-state index in [1.165, 1.54) is 31.2 Å². The molecule has 37 heavy (non-hydrogen) atoms. The first-order valence-corrected chi connectivity index (χ1v) is 11.0. The van der Waals surface area contributed by atoms with Crippen molar-refractivity contribution < 1.29 is 54.3 Å². The number of aromatic hydroxyl groups is 1. The second-order valence-electron chi connectivity index (χ2n) is 8.19. The summed E-state index contributed by atoms with van der Waals surface area (Å²) < 4.78 is 0.